The second kappa shape index (κ2) is 6.01. The van der Waals surface area contributed by atoms with E-state index in [1.165, 1.54) is 6.07 Å². The van der Waals surface area contributed by atoms with Crippen LogP contribution < -0.4 is 0 Å². The molecule has 0 aromatic heterocycles. The van der Waals surface area contributed by atoms with Gasteiger partial charge < -0.3 is 5.11 Å². The lowest BCUT2D eigenvalue weighted by Crippen LogP contribution is -2.34. The lowest BCUT2D eigenvalue weighted by Gasteiger charge is -2.28. The summed E-state index contributed by atoms with van der Waals surface area (Å²) in [6.07, 6.45) is 2.29. The molecule has 1 aliphatic rings. The third-order valence-electron chi connectivity index (χ3n) is 3.49. The summed E-state index contributed by atoms with van der Waals surface area (Å²) in [4.78, 5) is 12.8. The number of carboxylic acid groups (broad SMARTS) is 1. The molecule has 104 valence electrons. The van der Waals surface area contributed by atoms with Crippen molar-refractivity contribution in [3.05, 3.63) is 34.1 Å². The van der Waals surface area contributed by atoms with Gasteiger partial charge in [-0.3, -0.25) is 9.69 Å². The lowest BCUT2D eigenvalue weighted by atomic mass is 10.1. The molecule has 3 nitrogen and oxygen atoms in total. The Bertz CT molecular complexity index is 477. The molecule has 0 spiro atoms. The fourth-order valence-electron chi connectivity index (χ4n) is 2.20. The smallest absolute Gasteiger partial charge is 0.317 e. The Labute approximate surface area is 120 Å². The number of benzene rings is 1. The molecule has 2 rings (SSSR count). The van der Waals surface area contributed by atoms with Crippen molar-refractivity contribution in [3.63, 3.8) is 0 Å². The van der Waals surface area contributed by atoms with Crippen molar-refractivity contribution in [2.45, 2.75) is 25.8 Å². The van der Waals surface area contributed by atoms with Gasteiger partial charge in [0.15, 0.2) is 0 Å². The Balaban J connectivity index is 2.16. The number of carboxylic acids is 1. The maximum atomic E-state index is 13.9. The first kappa shape index (κ1) is 14.5. The van der Waals surface area contributed by atoms with Gasteiger partial charge in [0.05, 0.1) is 6.54 Å². The number of rotatable bonds is 6. The van der Waals surface area contributed by atoms with E-state index in [-0.39, 0.29) is 18.4 Å². The molecule has 1 unspecified atom stereocenters. The summed E-state index contributed by atoms with van der Waals surface area (Å²) in [6, 6.07) is 4.68. The van der Waals surface area contributed by atoms with E-state index in [1.807, 2.05) is 11.8 Å². The molecule has 19 heavy (non-hydrogen) atoms. The number of hydrogen-bond acceptors (Lipinski definition) is 2. The van der Waals surface area contributed by atoms with Gasteiger partial charge in [0.25, 0.3) is 0 Å². The van der Waals surface area contributed by atoms with Crippen molar-refractivity contribution in [2.24, 2.45) is 5.92 Å². The largest absolute Gasteiger partial charge is 0.480 e. The Morgan fingerprint density at radius 1 is 1.58 bits per heavy atom. The predicted molar refractivity (Wildman–Crippen MR) is 74.4 cm³/mol. The normalized spacial score (nSPS) is 16.6. The van der Waals surface area contributed by atoms with E-state index in [2.05, 4.69) is 15.9 Å². The standard InChI is InChI=1S/C14H17BrFNO2/c1-9(12-5-4-11(15)6-13(12)16)17(8-14(18)19)7-10-2-3-10/h4-6,9-10H,2-3,7-8H2,1H3,(H,18,19). The first-order chi connectivity index (χ1) is 8.97. The summed E-state index contributed by atoms with van der Waals surface area (Å²) in [5, 5.41) is 8.98. The SMILES string of the molecule is CC(c1ccc(Br)cc1F)N(CC(=O)O)CC1CC1. The lowest BCUT2D eigenvalue weighted by molar-refractivity contribution is -0.139. The van der Waals surface area contributed by atoms with Crippen LogP contribution in [0.3, 0.4) is 0 Å². The molecular weight excluding hydrogens is 313 g/mol. The van der Waals surface area contributed by atoms with Crippen molar-refractivity contribution in [1.82, 2.24) is 4.90 Å². The molecular formula is C14H17BrFNO2. The minimum atomic E-state index is -0.870. The van der Waals surface area contributed by atoms with Crippen LogP contribution in [0.4, 0.5) is 4.39 Å². The van der Waals surface area contributed by atoms with E-state index >= 15 is 0 Å². The van der Waals surface area contributed by atoms with Gasteiger partial charge in [-0.15, -0.1) is 0 Å². The van der Waals surface area contributed by atoms with E-state index in [4.69, 9.17) is 5.11 Å². The highest BCUT2D eigenvalue weighted by molar-refractivity contribution is 9.10. The number of aliphatic carboxylic acids is 1. The summed E-state index contributed by atoms with van der Waals surface area (Å²) in [5.41, 5.74) is 0.546. The maximum Gasteiger partial charge on any atom is 0.317 e. The van der Waals surface area contributed by atoms with Crippen LogP contribution in [0, 0.1) is 11.7 Å². The van der Waals surface area contributed by atoms with Gasteiger partial charge in [-0.25, -0.2) is 4.39 Å². The number of nitrogens with zero attached hydrogens (tertiary/aromatic N) is 1. The zero-order chi connectivity index (χ0) is 14.0. The van der Waals surface area contributed by atoms with Crippen LogP contribution >= 0.6 is 15.9 Å². The molecule has 1 atom stereocenters. The zero-order valence-corrected chi connectivity index (χ0v) is 12.4. The van der Waals surface area contributed by atoms with Gasteiger partial charge in [0.1, 0.15) is 5.82 Å². The molecule has 0 saturated heterocycles. The third kappa shape index (κ3) is 4.01. The summed E-state index contributed by atoms with van der Waals surface area (Å²) in [6.45, 7) is 2.54. The zero-order valence-electron chi connectivity index (χ0n) is 10.8. The highest BCUT2D eigenvalue weighted by Crippen LogP contribution is 2.33. The maximum absolute atomic E-state index is 13.9. The summed E-state index contributed by atoms with van der Waals surface area (Å²) >= 11 is 3.23. The number of hydrogen-bond donors (Lipinski definition) is 1. The van der Waals surface area contributed by atoms with Crippen LogP contribution in [-0.4, -0.2) is 29.1 Å². The Morgan fingerprint density at radius 2 is 2.26 bits per heavy atom. The molecule has 1 N–H and O–H groups in total. The van der Waals surface area contributed by atoms with E-state index < -0.39 is 5.97 Å². The van der Waals surface area contributed by atoms with Crippen LogP contribution in [0.2, 0.25) is 0 Å². The first-order valence-corrected chi connectivity index (χ1v) is 7.17. The average Bonchev–Trinajstić information content (AvgIpc) is 3.10. The van der Waals surface area contributed by atoms with Gasteiger partial charge in [-0.1, -0.05) is 22.0 Å². The molecule has 1 fully saturated rings. The molecule has 0 bridgehead atoms. The highest BCUT2D eigenvalue weighted by Gasteiger charge is 2.29. The van der Waals surface area contributed by atoms with Gasteiger partial charge >= 0.3 is 5.97 Å². The molecule has 0 amide bonds. The van der Waals surface area contributed by atoms with Crippen LogP contribution in [0.15, 0.2) is 22.7 Å². The van der Waals surface area contributed by atoms with Gasteiger partial charge in [-0.05, 0) is 37.8 Å². The monoisotopic (exact) mass is 329 g/mol. The summed E-state index contributed by atoms with van der Waals surface area (Å²) in [7, 11) is 0. The molecule has 1 aliphatic carbocycles. The molecule has 0 aliphatic heterocycles. The van der Waals surface area contributed by atoms with Gasteiger partial charge in [0, 0.05) is 22.6 Å². The van der Waals surface area contributed by atoms with Gasteiger partial charge in [0.2, 0.25) is 0 Å². The quantitative estimate of drug-likeness (QED) is 0.869. The molecule has 1 aromatic carbocycles. The van der Waals surface area contributed by atoms with E-state index in [0.29, 0.717) is 16.0 Å². The van der Waals surface area contributed by atoms with Gasteiger partial charge in [-0.2, -0.15) is 0 Å². The van der Waals surface area contributed by atoms with Crippen molar-refractivity contribution in [3.8, 4) is 0 Å². The summed E-state index contributed by atoms with van der Waals surface area (Å²) in [5.74, 6) is -0.599. The molecule has 5 heteroatoms. The molecule has 0 radical (unpaired) electrons. The van der Waals surface area contributed by atoms with Crippen LogP contribution in [-0.2, 0) is 4.79 Å². The molecule has 0 heterocycles. The second-order valence-corrected chi connectivity index (χ2v) is 6.02. The van der Waals surface area contributed by atoms with Crippen molar-refractivity contribution in [2.75, 3.05) is 13.1 Å². The number of halogens is 2. The fraction of sp³-hybridized carbons (Fsp3) is 0.500. The minimum Gasteiger partial charge on any atom is -0.480 e. The van der Waals surface area contributed by atoms with Crippen molar-refractivity contribution in [1.29, 1.82) is 0 Å². The first-order valence-electron chi connectivity index (χ1n) is 6.38. The van der Waals surface area contributed by atoms with Crippen LogP contribution in [0.5, 0.6) is 0 Å². The minimum absolute atomic E-state index is 0.0484. The van der Waals surface area contributed by atoms with E-state index in [1.54, 1.807) is 12.1 Å². The third-order valence-corrected chi connectivity index (χ3v) is 3.98. The Morgan fingerprint density at radius 3 is 2.79 bits per heavy atom. The highest BCUT2D eigenvalue weighted by atomic mass is 79.9. The molecule has 1 aromatic rings. The van der Waals surface area contributed by atoms with Crippen molar-refractivity contribution >= 4 is 21.9 Å². The second-order valence-electron chi connectivity index (χ2n) is 5.11. The van der Waals surface area contributed by atoms with E-state index in [9.17, 15) is 9.18 Å². The molecule has 1 saturated carbocycles. The average molecular weight is 330 g/mol. The Kier molecular flexibility index (Phi) is 4.58. The topological polar surface area (TPSA) is 40.5 Å². The van der Waals surface area contributed by atoms with Crippen LogP contribution in [0.25, 0.3) is 0 Å². The van der Waals surface area contributed by atoms with Crippen LogP contribution in [0.1, 0.15) is 31.4 Å². The van der Waals surface area contributed by atoms with E-state index in [0.717, 1.165) is 19.4 Å². The Hall–Kier alpha value is -0.940. The fourth-order valence-corrected chi connectivity index (χ4v) is 2.54. The van der Waals surface area contributed by atoms with Crippen molar-refractivity contribution < 1.29 is 14.3 Å². The summed E-state index contributed by atoms with van der Waals surface area (Å²) < 4.78 is 14.6. The number of carbonyl (C=O) groups is 1. The predicted octanol–water partition coefficient (Wildman–Crippen LogP) is 3.45.